The van der Waals surface area contributed by atoms with E-state index in [4.69, 9.17) is 4.42 Å². The van der Waals surface area contributed by atoms with Gasteiger partial charge in [-0.15, -0.1) is 11.3 Å². The molecule has 5 aromatic rings. The molecule has 0 unspecified atom stereocenters. The zero-order chi connectivity index (χ0) is 19.4. The second-order valence-corrected chi connectivity index (χ2v) is 8.78. The molecule has 28 heavy (non-hydrogen) atoms. The molecule has 8 heteroatoms. The summed E-state index contributed by atoms with van der Waals surface area (Å²) >= 11 is 3.25. The first-order chi connectivity index (χ1) is 13.5. The fourth-order valence-electron chi connectivity index (χ4n) is 3.27. The molecule has 1 aromatic carbocycles. The first kappa shape index (κ1) is 17.4. The Kier molecular flexibility index (Phi) is 3.99. The van der Waals surface area contributed by atoms with Gasteiger partial charge < -0.3 is 9.40 Å². The normalized spacial score (nSPS) is 11.8. The highest BCUT2D eigenvalue weighted by atomic mass is 32.2. The van der Waals surface area contributed by atoms with E-state index in [-0.39, 0.29) is 11.1 Å². The Balaban J connectivity index is 1.57. The minimum Gasteiger partial charge on any atom is -0.449 e. The van der Waals surface area contributed by atoms with Crippen molar-refractivity contribution in [2.45, 2.75) is 31.6 Å². The summed E-state index contributed by atoms with van der Waals surface area (Å²) in [6.07, 6.45) is 0. The van der Waals surface area contributed by atoms with E-state index < -0.39 is 0 Å². The molecule has 140 valence electrons. The molecule has 0 amide bonds. The number of aromatic amines is 1. The number of thiophene rings is 1. The second-order valence-electron chi connectivity index (χ2n) is 6.62. The molecule has 4 aromatic heterocycles. The Bertz CT molecular complexity index is 1430. The number of nitrogens with one attached hydrogen (secondary N) is 1. The van der Waals surface area contributed by atoms with Crippen LogP contribution >= 0.6 is 23.1 Å². The molecular formula is C20H16N4O2S2. The summed E-state index contributed by atoms with van der Waals surface area (Å²) in [6.45, 7) is 6.10. The van der Waals surface area contributed by atoms with Crippen molar-refractivity contribution in [2.75, 3.05) is 0 Å². The van der Waals surface area contributed by atoms with Gasteiger partial charge in [-0.05, 0) is 38.5 Å². The summed E-state index contributed by atoms with van der Waals surface area (Å²) in [5, 5.41) is 2.86. The zero-order valence-electron chi connectivity index (χ0n) is 15.5. The largest absolute Gasteiger partial charge is 0.449 e. The SMILES string of the molecule is Cc1nc(SCc2nc3c(oc4ccccc43)c(=O)[nH]2)c2c(C)c(C)sc2n1. The van der Waals surface area contributed by atoms with E-state index in [1.807, 2.05) is 31.2 Å². The average Bonchev–Trinajstić information content (AvgIpc) is 3.18. The number of hydrogen-bond acceptors (Lipinski definition) is 7. The van der Waals surface area contributed by atoms with Gasteiger partial charge in [0.1, 0.15) is 32.6 Å². The van der Waals surface area contributed by atoms with Crippen LogP contribution < -0.4 is 5.56 Å². The standard InChI is InChI=1S/C20H16N4O2S2/c1-9-10(2)28-20-15(9)19(21-11(3)22-20)27-8-14-23-16-12-6-4-5-7-13(12)26-17(16)18(25)24-14/h4-7H,8H2,1-3H3,(H,23,24,25). The Morgan fingerprint density at radius 3 is 2.82 bits per heavy atom. The van der Waals surface area contributed by atoms with Crippen molar-refractivity contribution >= 4 is 55.4 Å². The lowest BCUT2D eigenvalue weighted by molar-refractivity contribution is 0.660. The van der Waals surface area contributed by atoms with Crippen molar-refractivity contribution in [3.05, 3.63) is 56.7 Å². The molecule has 0 aliphatic heterocycles. The molecule has 4 heterocycles. The quantitative estimate of drug-likeness (QED) is 0.338. The number of nitrogens with zero attached hydrogens (tertiary/aromatic N) is 3. The van der Waals surface area contributed by atoms with Crippen molar-refractivity contribution in [3.8, 4) is 0 Å². The Hall–Kier alpha value is -2.71. The highest BCUT2D eigenvalue weighted by Gasteiger charge is 2.16. The highest BCUT2D eigenvalue weighted by Crippen LogP contribution is 2.36. The Morgan fingerprint density at radius 1 is 1.14 bits per heavy atom. The number of para-hydroxylation sites is 1. The fourth-order valence-corrected chi connectivity index (χ4v) is 5.41. The van der Waals surface area contributed by atoms with Crippen LogP contribution in [-0.2, 0) is 5.75 Å². The first-order valence-corrected chi connectivity index (χ1v) is 10.6. The molecule has 5 rings (SSSR count). The fraction of sp³-hybridized carbons (Fsp3) is 0.200. The van der Waals surface area contributed by atoms with E-state index in [0.717, 1.165) is 26.5 Å². The number of H-pyrrole nitrogens is 1. The van der Waals surface area contributed by atoms with Crippen LogP contribution in [0.25, 0.3) is 32.3 Å². The number of furan rings is 1. The monoisotopic (exact) mass is 408 g/mol. The predicted octanol–water partition coefficient (Wildman–Crippen LogP) is 4.89. The van der Waals surface area contributed by atoms with Crippen molar-refractivity contribution in [3.63, 3.8) is 0 Å². The van der Waals surface area contributed by atoms with Gasteiger partial charge in [-0.3, -0.25) is 4.79 Å². The molecule has 6 nitrogen and oxygen atoms in total. The van der Waals surface area contributed by atoms with Crippen molar-refractivity contribution < 1.29 is 4.42 Å². The number of aryl methyl sites for hydroxylation is 3. The average molecular weight is 409 g/mol. The maximum atomic E-state index is 12.5. The van der Waals surface area contributed by atoms with Gasteiger partial charge in [0.15, 0.2) is 0 Å². The van der Waals surface area contributed by atoms with Crippen LogP contribution in [0, 0.1) is 20.8 Å². The Morgan fingerprint density at radius 2 is 1.96 bits per heavy atom. The topological polar surface area (TPSA) is 84.7 Å². The van der Waals surface area contributed by atoms with Gasteiger partial charge >= 0.3 is 0 Å². The summed E-state index contributed by atoms with van der Waals surface area (Å²) < 4.78 is 5.66. The summed E-state index contributed by atoms with van der Waals surface area (Å²) in [6, 6.07) is 7.55. The lowest BCUT2D eigenvalue weighted by Gasteiger charge is -2.05. The number of hydrogen-bond donors (Lipinski definition) is 1. The van der Waals surface area contributed by atoms with E-state index in [9.17, 15) is 4.79 Å². The third-order valence-corrected chi connectivity index (χ3v) is 6.82. The van der Waals surface area contributed by atoms with Gasteiger partial charge in [0.05, 0.1) is 5.75 Å². The zero-order valence-corrected chi connectivity index (χ0v) is 17.1. The molecular weight excluding hydrogens is 392 g/mol. The molecule has 1 N–H and O–H groups in total. The first-order valence-electron chi connectivity index (χ1n) is 8.79. The number of benzene rings is 1. The lowest BCUT2D eigenvalue weighted by Crippen LogP contribution is -2.10. The molecule has 0 aliphatic carbocycles. The number of thioether (sulfide) groups is 1. The van der Waals surface area contributed by atoms with E-state index >= 15 is 0 Å². The van der Waals surface area contributed by atoms with Crippen LogP contribution in [0.5, 0.6) is 0 Å². The summed E-state index contributed by atoms with van der Waals surface area (Å²) in [5.74, 6) is 1.85. The third-order valence-electron chi connectivity index (χ3n) is 4.73. The molecule has 0 spiro atoms. The van der Waals surface area contributed by atoms with Gasteiger partial charge in [-0.1, -0.05) is 23.9 Å². The number of fused-ring (bicyclic) bond motifs is 4. The summed E-state index contributed by atoms with van der Waals surface area (Å²) in [4.78, 5) is 31.4. The molecule has 0 aliphatic rings. The van der Waals surface area contributed by atoms with Crippen LogP contribution in [0.15, 0.2) is 38.5 Å². The molecule has 0 radical (unpaired) electrons. The summed E-state index contributed by atoms with van der Waals surface area (Å²) in [7, 11) is 0. The molecule has 0 fully saturated rings. The predicted molar refractivity (Wildman–Crippen MR) is 113 cm³/mol. The van der Waals surface area contributed by atoms with Crippen LogP contribution in [-0.4, -0.2) is 19.9 Å². The maximum absolute atomic E-state index is 12.5. The van der Waals surface area contributed by atoms with Gasteiger partial charge in [0, 0.05) is 15.6 Å². The van der Waals surface area contributed by atoms with E-state index in [1.165, 1.54) is 10.4 Å². The van der Waals surface area contributed by atoms with E-state index in [2.05, 4.69) is 33.8 Å². The Labute approximate surface area is 168 Å². The molecule has 0 atom stereocenters. The molecule has 0 bridgehead atoms. The van der Waals surface area contributed by atoms with Crippen LogP contribution in [0.3, 0.4) is 0 Å². The van der Waals surface area contributed by atoms with Crippen molar-refractivity contribution in [1.82, 2.24) is 19.9 Å². The number of rotatable bonds is 3. The van der Waals surface area contributed by atoms with Gasteiger partial charge in [-0.2, -0.15) is 0 Å². The van der Waals surface area contributed by atoms with Gasteiger partial charge in [-0.25, -0.2) is 15.0 Å². The van der Waals surface area contributed by atoms with Gasteiger partial charge in [0.2, 0.25) is 5.58 Å². The summed E-state index contributed by atoms with van der Waals surface area (Å²) in [5.41, 5.74) is 2.47. The van der Waals surface area contributed by atoms with Crippen molar-refractivity contribution in [1.29, 1.82) is 0 Å². The molecule has 0 saturated carbocycles. The minimum atomic E-state index is -0.261. The highest BCUT2D eigenvalue weighted by molar-refractivity contribution is 7.98. The molecule has 0 saturated heterocycles. The van der Waals surface area contributed by atoms with Crippen LogP contribution in [0.1, 0.15) is 22.1 Å². The van der Waals surface area contributed by atoms with E-state index in [1.54, 1.807) is 23.1 Å². The smallest absolute Gasteiger partial charge is 0.294 e. The van der Waals surface area contributed by atoms with Crippen LogP contribution in [0.4, 0.5) is 0 Å². The third kappa shape index (κ3) is 2.71. The van der Waals surface area contributed by atoms with Crippen molar-refractivity contribution in [2.24, 2.45) is 0 Å². The van der Waals surface area contributed by atoms with E-state index in [0.29, 0.717) is 22.7 Å². The number of aromatic nitrogens is 4. The lowest BCUT2D eigenvalue weighted by atomic mass is 10.2. The maximum Gasteiger partial charge on any atom is 0.294 e. The van der Waals surface area contributed by atoms with Crippen LogP contribution in [0.2, 0.25) is 0 Å². The van der Waals surface area contributed by atoms with Gasteiger partial charge in [0.25, 0.3) is 5.56 Å². The second kappa shape index (κ2) is 6.42. The minimum absolute atomic E-state index is 0.261.